The van der Waals surface area contributed by atoms with Gasteiger partial charge in [-0.05, 0) is 72.9 Å². The number of nitrogens with one attached hydrogen (secondary N) is 1. The highest BCUT2D eigenvalue weighted by Gasteiger charge is 2.61. The number of hydrogen-bond acceptors (Lipinski definition) is 10. The van der Waals surface area contributed by atoms with Crippen LogP contribution in [0.2, 0.25) is 0 Å². The van der Waals surface area contributed by atoms with E-state index in [9.17, 15) is 32.7 Å². The number of aliphatic hydroxyl groups excluding tert-OH is 1. The molecule has 2 saturated carbocycles. The number of Topliss-reactive ketones (excluding diaryl/α,β-unsaturated/α-hetero) is 1. The van der Waals surface area contributed by atoms with Crippen LogP contribution >= 0.6 is 0 Å². The van der Waals surface area contributed by atoms with Crippen molar-refractivity contribution in [1.82, 2.24) is 14.6 Å². The first kappa shape index (κ1) is 36.0. The van der Waals surface area contributed by atoms with Crippen LogP contribution in [0.3, 0.4) is 0 Å². The monoisotopic (exact) mass is 709 g/mol. The van der Waals surface area contributed by atoms with E-state index in [-0.39, 0.29) is 38.8 Å². The van der Waals surface area contributed by atoms with Gasteiger partial charge < -0.3 is 19.5 Å². The van der Waals surface area contributed by atoms with Crippen LogP contribution in [0.1, 0.15) is 90.2 Å². The van der Waals surface area contributed by atoms with Crippen LogP contribution in [0.15, 0.2) is 43.1 Å². The van der Waals surface area contributed by atoms with Crippen molar-refractivity contribution in [3.05, 3.63) is 48.7 Å². The molecule has 0 spiro atoms. The summed E-state index contributed by atoms with van der Waals surface area (Å²) < 4.78 is 39.6. The summed E-state index contributed by atoms with van der Waals surface area (Å²) in [4.78, 5) is 61.3. The van der Waals surface area contributed by atoms with Gasteiger partial charge in [0.1, 0.15) is 6.10 Å². The zero-order chi connectivity index (χ0) is 36.0. The molecule has 4 aliphatic rings. The number of aliphatic hydroxyl groups is 1. The molecule has 6 atom stereocenters. The number of nitrogens with zero attached hydrogens (tertiary/aromatic N) is 2. The van der Waals surface area contributed by atoms with E-state index in [1.54, 1.807) is 12.3 Å². The molecule has 3 unspecified atom stereocenters. The molecule has 2 aliphatic carbocycles. The van der Waals surface area contributed by atoms with E-state index in [1.807, 2.05) is 45.0 Å². The number of pyridine rings is 1. The molecule has 2 aliphatic heterocycles. The number of benzene rings is 1. The van der Waals surface area contributed by atoms with Gasteiger partial charge in [0.2, 0.25) is 27.7 Å². The quantitative estimate of drug-likeness (QED) is 0.315. The number of cyclic esters (lactones) is 1. The lowest BCUT2D eigenvalue weighted by Crippen LogP contribution is -2.48. The number of ketones is 1. The van der Waals surface area contributed by atoms with Crippen LogP contribution in [0.4, 0.5) is 0 Å². The Labute approximate surface area is 293 Å². The molecule has 3 fully saturated rings. The van der Waals surface area contributed by atoms with Crippen LogP contribution in [0, 0.1) is 22.7 Å². The number of hydrogen-bond donors (Lipinski definition) is 2. The second kappa shape index (κ2) is 13.7. The molecule has 270 valence electrons. The van der Waals surface area contributed by atoms with Crippen molar-refractivity contribution in [3.8, 4) is 5.88 Å². The van der Waals surface area contributed by atoms with Crippen LogP contribution in [0.5, 0.6) is 5.88 Å². The van der Waals surface area contributed by atoms with Gasteiger partial charge in [-0.15, -0.1) is 6.58 Å². The standard InChI is InChI=1S/C37H47N3O9S/c1-5-24-19-37(24,35(45)39-50(46,47)26-11-12-26)20-31(42)29-17-25-21-40(29)34(44)28(36(2,3)4)18-32(43)48-15-7-6-8-30(41)23-10-9-22-13-14-38-33(49-25)27(22)16-23/h5,9-10,13-14,16,24-26,28-30,41H,1,6-8,11-12,15,17-21H2,2-4H3,(H,39,45)/t24-,25-,28?,29?,30?,37-/m1/s1. The van der Waals surface area contributed by atoms with E-state index in [0.717, 1.165) is 5.39 Å². The van der Waals surface area contributed by atoms with Crippen molar-refractivity contribution in [2.75, 3.05) is 13.2 Å². The third-order valence-electron chi connectivity index (χ3n) is 10.7. The summed E-state index contributed by atoms with van der Waals surface area (Å²) in [6.45, 7) is 9.54. The predicted octanol–water partition coefficient (Wildman–Crippen LogP) is 4.16. The van der Waals surface area contributed by atoms with Gasteiger partial charge >= 0.3 is 5.97 Å². The molecule has 12 nitrogen and oxygen atoms in total. The van der Waals surface area contributed by atoms with E-state index in [4.69, 9.17) is 9.47 Å². The highest BCUT2D eigenvalue weighted by molar-refractivity contribution is 7.90. The Morgan fingerprint density at radius 3 is 2.60 bits per heavy atom. The van der Waals surface area contributed by atoms with Gasteiger partial charge in [-0.1, -0.05) is 39.0 Å². The fourth-order valence-electron chi connectivity index (χ4n) is 7.34. The molecule has 1 aromatic heterocycles. The topological polar surface area (TPSA) is 169 Å². The molecule has 2 N–H and O–H groups in total. The Kier molecular flexibility index (Phi) is 9.86. The Morgan fingerprint density at radius 1 is 1.16 bits per heavy atom. The predicted molar refractivity (Wildman–Crippen MR) is 184 cm³/mol. The lowest BCUT2D eigenvalue weighted by atomic mass is 9.77. The van der Waals surface area contributed by atoms with E-state index in [0.29, 0.717) is 48.9 Å². The highest BCUT2D eigenvalue weighted by Crippen LogP contribution is 2.57. The van der Waals surface area contributed by atoms with Crippen molar-refractivity contribution in [1.29, 1.82) is 0 Å². The molecule has 13 heteroatoms. The van der Waals surface area contributed by atoms with Crippen LogP contribution in [-0.2, 0) is 33.9 Å². The Hall–Kier alpha value is -3.84. The minimum Gasteiger partial charge on any atom is -0.472 e. The molecule has 4 bridgehead atoms. The number of ether oxygens (including phenoxy) is 2. The number of esters is 1. The van der Waals surface area contributed by atoms with Crippen LogP contribution in [-0.4, -0.2) is 77.5 Å². The average molecular weight is 710 g/mol. The Balaban J connectivity index is 1.33. The molecule has 1 aromatic carbocycles. The molecule has 2 amide bonds. The first-order valence-corrected chi connectivity index (χ1v) is 19.1. The molecule has 0 radical (unpaired) electrons. The molecule has 50 heavy (non-hydrogen) atoms. The largest absolute Gasteiger partial charge is 0.472 e. The van der Waals surface area contributed by atoms with Gasteiger partial charge in [0.25, 0.3) is 0 Å². The fourth-order valence-corrected chi connectivity index (χ4v) is 8.73. The maximum Gasteiger partial charge on any atom is 0.306 e. The fraction of sp³-hybridized carbons (Fsp3) is 0.595. The minimum absolute atomic E-state index is 0.0252. The third kappa shape index (κ3) is 7.44. The van der Waals surface area contributed by atoms with Gasteiger partial charge in [-0.3, -0.25) is 23.9 Å². The second-order valence-corrected chi connectivity index (χ2v) is 17.4. The lowest BCUT2D eigenvalue weighted by Gasteiger charge is -2.34. The number of fused-ring (bicyclic) bond motifs is 3. The third-order valence-corrected chi connectivity index (χ3v) is 12.6. The number of carbonyl (C=O) groups excluding carboxylic acids is 4. The number of rotatable bonds is 7. The number of aromatic nitrogens is 1. The van der Waals surface area contributed by atoms with Gasteiger partial charge in [-0.25, -0.2) is 13.4 Å². The smallest absolute Gasteiger partial charge is 0.306 e. The average Bonchev–Trinajstić information content (AvgIpc) is 3.99. The van der Waals surface area contributed by atoms with Crippen LogP contribution in [0.25, 0.3) is 10.8 Å². The van der Waals surface area contributed by atoms with Gasteiger partial charge in [0, 0.05) is 24.4 Å². The van der Waals surface area contributed by atoms with E-state index in [1.165, 1.54) is 4.90 Å². The number of carbonyl (C=O) groups is 4. The normalized spacial score (nSPS) is 29.4. The molecule has 6 rings (SSSR count). The summed E-state index contributed by atoms with van der Waals surface area (Å²) in [5.74, 6) is -2.98. The van der Waals surface area contributed by atoms with E-state index < -0.39 is 79.8 Å². The first-order chi connectivity index (χ1) is 23.6. The van der Waals surface area contributed by atoms with Crippen molar-refractivity contribution >= 4 is 44.4 Å². The highest BCUT2D eigenvalue weighted by atomic mass is 32.2. The van der Waals surface area contributed by atoms with Crippen LogP contribution < -0.4 is 9.46 Å². The minimum atomic E-state index is -3.85. The summed E-state index contributed by atoms with van der Waals surface area (Å²) in [7, 11) is -3.85. The van der Waals surface area contributed by atoms with Crippen molar-refractivity contribution < 1.29 is 42.2 Å². The van der Waals surface area contributed by atoms with Crippen molar-refractivity contribution in [3.63, 3.8) is 0 Å². The molecular weight excluding hydrogens is 662 g/mol. The molecule has 3 heterocycles. The second-order valence-electron chi connectivity index (χ2n) is 15.5. The molecule has 1 saturated heterocycles. The van der Waals surface area contributed by atoms with E-state index >= 15 is 0 Å². The SMILES string of the molecule is C=C[C@@H]1C[C@]1(CC(=O)C1C[C@@H]2CN1C(=O)C(C(C)(C)C)CC(=O)OCCCCC(O)c1ccc3ccnc(c3c1)O2)C(=O)NS(=O)(=O)C1CC1. The molecule has 2 aromatic rings. The molecular formula is C37H47N3O9S. The van der Waals surface area contributed by atoms with Gasteiger partial charge in [0.15, 0.2) is 5.78 Å². The number of sulfonamides is 1. The van der Waals surface area contributed by atoms with Gasteiger partial charge in [-0.2, -0.15) is 0 Å². The summed E-state index contributed by atoms with van der Waals surface area (Å²) in [5, 5.41) is 11.9. The maximum atomic E-state index is 14.5. The Bertz CT molecular complexity index is 1800. The maximum absolute atomic E-state index is 14.5. The lowest BCUT2D eigenvalue weighted by molar-refractivity contribution is -0.153. The zero-order valence-electron chi connectivity index (χ0n) is 28.9. The van der Waals surface area contributed by atoms with Gasteiger partial charge in [0.05, 0.1) is 48.3 Å². The zero-order valence-corrected chi connectivity index (χ0v) is 29.7. The Morgan fingerprint density at radius 2 is 1.92 bits per heavy atom. The van der Waals surface area contributed by atoms with E-state index in [2.05, 4.69) is 16.3 Å². The number of amides is 2. The summed E-state index contributed by atoms with van der Waals surface area (Å²) >= 11 is 0. The summed E-state index contributed by atoms with van der Waals surface area (Å²) in [6, 6.07) is 6.40. The first-order valence-electron chi connectivity index (χ1n) is 17.5. The van der Waals surface area contributed by atoms with Crippen molar-refractivity contribution in [2.45, 2.75) is 102 Å². The van der Waals surface area contributed by atoms with Crippen molar-refractivity contribution in [2.24, 2.45) is 22.7 Å². The summed E-state index contributed by atoms with van der Waals surface area (Å²) in [5.41, 5.74) is -1.28. The summed E-state index contributed by atoms with van der Waals surface area (Å²) in [6.07, 6.45) is 4.22. The number of allylic oxidation sites excluding steroid dienone is 1.